The van der Waals surface area contributed by atoms with Crippen LogP contribution in [-0.4, -0.2) is 5.78 Å². The van der Waals surface area contributed by atoms with E-state index in [4.69, 9.17) is 0 Å². The highest BCUT2D eigenvalue weighted by atomic mass is 16.1. The van der Waals surface area contributed by atoms with Crippen LogP contribution in [0.1, 0.15) is 70.6 Å². The molecule has 1 fully saturated rings. The quantitative estimate of drug-likeness (QED) is 0.598. The van der Waals surface area contributed by atoms with E-state index < -0.39 is 0 Å². The lowest BCUT2D eigenvalue weighted by Gasteiger charge is -2.24. The first-order chi connectivity index (χ1) is 7.86. The van der Waals surface area contributed by atoms with Crippen molar-refractivity contribution in [2.24, 2.45) is 5.92 Å². The zero-order valence-corrected chi connectivity index (χ0v) is 10.3. The fourth-order valence-corrected chi connectivity index (χ4v) is 3.14. The highest BCUT2D eigenvalue weighted by molar-refractivity contribution is 5.78. The van der Waals surface area contributed by atoms with Crippen molar-refractivity contribution in [2.45, 2.75) is 70.6 Å². The average molecular weight is 220 g/mol. The molecule has 0 heterocycles. The number of carbonyl (C=O) groups is 1. The summed E-state index contributed by atoms with van der Waals surface area (Å²) in [7, 11) is 0. The molecule has 1 nitrogen and oxygen atoms in total. The zero-order valence-electron chi connectivity index (χ0n) is 10.3. The van der Waals surface area contributed by atoms with Gasteiger partial charge in [0, 0.05) is 12.8 Å². The minimum atomic E-state index is 0.473. The molecule has 90 valence electrons. The second kappa shape index (κ2) is 6.22. The number of allylic oxidation sites excluding steroid dienone is 2. The van der Waals surface area contributed by atoms with Crippen LogP contribution < -0.4 is 0 Å². The molecule has 0 radical (unpaired) electrons. The molecule has 0 aromatic rings. The lowest BCUT2D eigenvalue weighted by Crippen LogP contribution is -2.09. The SMILES string of the molecule is O=C1CCC=C(C2CCCCC2)CCCC1. The van der Waals surface area contributed by atoms with E-state index in [-0.39, 0.29) is 0 Å². The van der Waals surface area contributed by atoms with E-state index in [1.807, 2.05) is 0 Å². The van der Waals surface area contributed by atoms with Gasteiger partial charge in [-0.1, -0.05) is 30.9 Å². The van der Waals surface area contributed by atoms with Crippen LogP contribution in [0.25, 0.3) is 0 Å². The molecule has 2 aliphatic rings. The predicted octanol–water partition coefficient (Wildman–Crippen LogP) is 4.42. The van der Waals surface area contributed by atoms with Gasteiger partial charge in [0.1, 0.15) is 5.78 Å². The summed E-state index contributed by atoms with van der Waals surface area (Å²) in [6.07, 6.45) is 15.7. The van der Waals surface area contributed by atoms with Crippen LogP contribution >= 0.6 is 0 Å². The van der Waals surface area contributed by atoms with Gasteiger partial charge in [-0.15, -0.1) is 0 Å². The number of rotatable bonds is 1. The molecule has 0 spiro atoms. The average Bonchev–Trinajstić information content (AvgIpc) is 2.42. The van der Waals surface area contributed by atoms with E-state index in [1.165, 1.54) is 44.9 Å². The van der Waals surface area contributed by atoms with Crippen LogP contribution in [0.2, 0.25) is 0 Å². The van der Waals surface area contributed by atoms with Crippen LogP contribution in [0.3, 0.4) is 0 Å². The van der Waals surface area contributed by atoms with Gasteiger partial charge in [-0.3, -0.25) is 4.79 Å². The number of hydrogen-bond acceptors (Lipinski definition) is 1. The molecule has 1 saturated carbocycles. The van der Waals surface area contributed by atoms with Crippen LogP contribution in [0.5, 0.6) is 0 Å². The van der Waals surface area contributed by atoms with Gasteiger partial charge in [0.15, 0.2) is 0 Å². The Hall–Kier alpha value is -0.590. The molecular weight excluding hydrogens is 196 g/mol. The minimum Gasteiger partial charge on any atom is -0.300 e. The van der Waals surface area contributed by atoms with Gasteiger partial charge in [0.05, 0.1) is 0 Å². The normalized spacial score (nSPS) is 25.5. The predicted molar refractivity (Wildman–Crippen MR) is 67.4 cm³/mol. The molecular formula is C15H24O. The molecule has 0 aromatic carbocycles. The minimum absolute atomic E-state index is 0.473. The maximum absolute atomic E-state index is 11.4. The van der Waals surface area contributed by atoms with Gasteiger partial charge < -0.3 is 0 Å². The van der Waals surface area contributed by atoms with Crippen LogP contribution in [0.4, 0.5) is 0 Å². The third kappa shape index (κ3) is 3.47. The largest absolute Gasteiger partial charge is 0.300 e. The molecule has 0 atom stereocenters. The fourth-order valence-electron chi connectivity index (χ4n) is 3.14. The monoisotopic (exact) mass is 220 g/mol. The maximum atomic E-state index is 11.4. The smallest absolute Gasteiger partial charge is 0.133 e. The van der Waals surface area contributed by atoms with Crippen molar-refractivity contribution in [2.75, 3.05) is 0 Å². The highest BCUT2D eigenvalue weighted by Gasteiger charge is 2.18. The van der Waals surface area contributed by atoms with Crippen LogP contribution in [0.15, 0.2) is 11.6 Å². The third-order valence-electron chi connectivity index (χ3n) is 4.13. The highest BCUT2D eigenvalue weighted by Crippen LogP contribution is 2.33. The fraction of sp³-hybridized carbons (Fsp3) is 0.800. The van der Waals surface area contributed by atoms with Gasteiger partial charge >= 0.3 is 0 Å². The lowest BCUT2D eigenvalue weighted by molar-refractivity contribution is -0.119. The van der Waals surface area contributed by atoms with Gasteiger partial charge in [-0.05, 0) is 44.4 Å². The Kier molecular flexibility index (Phi) is 4.62. The molecule has 16 heavy (non-hydrogen) atoms. The van der Waals surface area contributed by atoms with Crippen molar-refractivity contribution in [1.82, 2.24) is 0 Å². The summed E-state index contributed by atoms with van der Waals surface area (Å²) in [6.45, 7) is 0. The third-order valence-corrected chi connectivity index (χ3v) is 4.13. The lowest BCUT2D eigenvalue weighted by atomic mass is 9.81. The van der Waals surface area contributed by atoms with E-state index in [2.05, 4.69) is 6.08 Å². The Labute approximate surface area is 99.3 Å². The van der Waals surface area contributed by atoms with Gasteiger partial charge in [-0.25, -0.2) is 0 Å². The molecule has 0 amide bonds. The summed E-state index contributed by atoms with van der Waals surface area (Å²) in [5.74, 6) is 1.34. The second-order valence-electron chi connectivity index (χ2n) is 5.40. The van der Waals surface area contributed by atoms with Gasteiger partial charge in [0.25, 0.3) is 0 Å². The first-order valence-electron chi connectivity index (χ1n) is 7.07. The first-order valence-corrected chi connectivity index (χ1v) is 7.07. The molecule has 0 aliphatic heterocycles. The molecule has 1 heteroatoms. The van der Waals surface area contributed by atoms with Crippen molar-refractivity contribution in [3.63, 3.8) is 0 Å². The Morgan fingerprint density at radius 2 is 1.62 bits per heavy atom. The molecule has 0 N–H and O–H groups in total. The molecule has 0 unspecified atom stereocenters. The number of Topliss-reactive ketones (excluding diaryl/α,β-unsaturated/α-hetero) is 1. The van der Waals surface area contributed by atoms with E-state index in [1.54, 1.807) is 5.57 Å². The van der Waals surface area contributed by atoms with Gasteiger partial charge in [-0.2, -0.15) is 0 Å². The molecule has 0 saturated heterocycles. The summed E-state index contributed by atoms with van der Waals surface area (Å²) in [5, 5.41) is 0. The van der Waals surface area contributed by atoms with Gasteiger partial charge in [0.2, 0.25) is 0 Å². The topological polar surface area (TPSA) is 17.1 Å². The summed E-state index contributed by atoms with van der Waals surface area (Å²) in [5.41, 5.74) is 1.69. The number of carbonyl (C=O) groups excluding carboxylic acids is 1. The Morgan fingerprint density at radius 1 is 0.875 bits per heavy atom. The van der Waals surface area contributed by atoms with E-state index in [0.717, 1.165) is 31.6 Å². The van der Waals surface area contributed by atoms with Crippen LogP contribution in [0, 0.1) is 5.92 Å². The van der Waals surface area contributed by atoms with E-state index >= 15 is 0 Å². The summed E-state index contributed by atoms with van der Waals surface area (Å²) in [6, 6.07) is 0. The van der Waals surface area contributed by atoms with Crippen LogP contribution in [-0.2, 0) is 4.79 Å². The van der Waals surface area contributed by atoms with Crippen molar-refractivity contribution < 1.29 is 4.79 Å². The molecule has 0 aromatic heterocycles. The van der Waals surface area contributed by atoms with Crippen molar-refractivity contribution in [3.05, 3.63) is 11.6 Å². The Bertz CT molecular complexity index is 259. The van der Waals surface area contributed by atoms with Crippen molar-refractivity contribution in [1.29, 1.82) is 0 Å². The second-order valence-corrected chi connectivity index (χ2v) is 5.40. The van der Waals surface area contributed by atoms with E-state index in [9.17, 15) is 4.79 Å². The molecule has 2 aliphatic carbocycles. The van der Waals surface area contributed by atoms with Crippen molar-refractivity contribution >= 4 is 5.78 Å². The van der Waals surface area contributed by atoms with Crippen molar-refractivity contribution in [3.8, 4) is 0 Å². The summed E-state index contributed by atoms with van der Waals surface area (Å²) in [4.78, 5) is 11.4. The maximum Gasteiger partial charge on any atom is 0.133 e. The summed E-state index contributed by atoms with van der Waals surface area (Å²) < 4.78 is 0. The Balaban J connectivity index is 1.94. The summed E-state index contributed by atoms with van der Waals surface area (Å²) >= 11 is 0. The number of ketones is 1. The standard InChI is InChI=1S/C15H24O/c16-15-11-5-4-9-14(10-6-12-15)13-7-2-1-3-8-13/h10,13H,1-9,11-12H2. The molecule has 0 bridgehead atoms. The Morgan fingerprint density at radius 3 is 2.44 bits per heavy atom. The van der Waals surface area contributed by atoms with E-state index in [0.29, 0.717) is 5.78 Å². The number of hydrogen-bond donors (Lipinski definition) is 0. The zero-order chi connectivity index (χ0) is 11.2. The first kappa shape index (κ1) is 11.9. The molecule has 2 rings (SSSR count).